The van der Waals surface area contributed by atoms with Crippen molar-refractivity contribution in [1.29, 1.82) is 0 Å². The fraction of sp³-hybridized carbons (Fsp3) is 0.286. The molecule has 0 spiro atoms. The molecule has 1 aliphatic heterocycles. The maximum Gasteiger partial charge on any atom is 0.247 e. The monoisotopic (exact) mass is 494 g/mol. The van der Waals surface area contributed by atoms with Crippen molar-refractivity contribution in [2.75, 3.05) is 29.9 Å². The van der Waals surface area contributed by atoms with Gasteiger partial charge in [0.1, 0.15) is 0 Å². The largest absolute Gasteiger partial charge is 0.395 e. The van der Waals surface area contributed by atoms with Gasteiger partial charge in [-0.1, -0.05) is 29.8 Å². The molecule has 0 aliphatic carbocycles. The maximum absolute atomic E-state index is 10.4. The average Bonchev–Trinajstić information content (AvgIpc) is 3.56. The number of hydrogen-bond acceptors (Lipinski definition) is 7. The molecule has 0 atom stereocenters. The lowest BCUT2D eigenvalue weighted by Gasteiger charge is -2.42. The summed E-state index contributed by atoms with van der Waals surface area (Å²) >= 11 is 0. The molecule has 9 heteroatoms. The molecule has 1 aromatic carbocycles. The summed E-state index contributed by atoms with van der Waals surface area (Å²) in [5, 5.41) is 22.7. The Morgan fingerprint density at radius 1 is 1.03 bits per heavy atom. The van der Waals surface area contributed by atoms with Gasteiger partial charge in [-0.05, 0) is 55.2 Å². The number of aliphatic hydroxyl groups is 1. The molecule has 6 rings (SSSR count). The van der Waals surface area contributed by atoms with Crippen LogP contribution in [0.15, 0.2) is 79.5 Å². The van der Waals surface area contributed by atoms with Crippen LogP contribution in [0.4, 0.5) is 17.3 Å². The van der Waals surface area contributed by atoms with Gasteiger partial charge in [0.15, 0.2) is 5.65 Å². The average molecular weight is 495 g/mol. The van der Waals surface area contributed by atoms with Crippen molar-refractivity contribution in [3.8, 4) is 0 Å². The van der Waals surface area contributed by atoms with Gasteiger partial charge >= 0.3 is 0 Å². The Morgan fingerprint density at radius 2 is 1.81 bits per heavy atom. The molecule has 1 fully saturated rings. The van der Waals surface area contributed by atoms with Gasteiger partial charge in [0, 0.05) is 43.3 Å². The highest BCUT2D eigenvalue weighted by molar-refractivity contribution is 5.71. The quantitative estimate of drug-likeness (QED) is 0.354. The summed E-state index contributed by atoms with van der Waals surface area (Å²) < 4.78 is 3.68. The van der Waals surface area contributed by atoms with Gasteiger partial charge in [-0.25, -0.2) is 4.52 Å². The highest BCUT2D eigenvalue weighted by Gasteiger charge is 2.36. The van der Waals surface area contributed by atoms with Gasteiger partial charge in [0.2, 0.25) is 5.95 Å². The second kappa shape index (κ2) is 9.67. The first kappa shape index (κ1) is 23.2. The fourth-order valence-corrected chi connectivity index (χ4v) is 5.13. The highest BCUT2D eigenvalue weighted by atomic mass is 16.3. The van der Waals surface area contributed by atoms with E-state index < -0.39 is 0 Å². The van der Waals surface area contributed by atoms with Crippen LogP contribution in [0.1, 0.15) is 29.5 Å². The predicted octanol–water partition coefficient (Wildman–Crippen LogP) is 3.95. The molecule has 0 bridgehead atoms. The molecule has 0 saturated carbocycles. The molecule has 5 aromatic rings. The smallest absolute Gasteiger partial charge is 0.247 e. The molecule has 1 saturated heterocycles. The number of aliphatic hydroxyl groups excluding tert-OH is 1. The van der Waals surface area contributed by atoms with Crippen molar-refractivity contribution in [3.05, 3.63) is 96.2 Å². The molecular formula is C28H30N8O. The molecule has 4 aromatic heterocycles. The predicted molar refractivity (Wildman–Crippen MR) is 143 cm³/mol. The molecule has 37 heavy (non-hydrogen) atoms. The van der Waals surface area contributed by atoms with Gasteiger partial charge in [-0.3, -0.25) is 9.67 Å². The minimum atomic E-state index is -0.202. The lowest BCUT2D eigenvalue weighted by molar-refractivity contribution is 0.165. The number of nitrogens with one attached hydrogen (secondary N) is 1. The topological polar surface area (TPSA) is 96.4 Å². The van der Waals surface area contributed by atoms with Crippen molar-refractivity contribution in [3.63, 3.8) is 0 Å². The summed E-state index contributed by atoms with van der Waals surface area (Å²) in [6, 6.07) is 16.6. The number of rotatable bonds is 7. The molecule has 1 aliphatic rings. The summed E-state index contributed by atoms with van der Waals surface area (Å²) in [6.07, 6.45) is 11.0. The van der Waals surface area contributed by atoms with Crippen LogP contribution in [-0.2, 0) is 12.0 Å². The van der Waals surface area contributed by atoms with Crippen LogP contribution in [0.3, 0.4) is 0 Å². The van der Waals surface area contributed by atoms with E-state index in [0.29, 0.717) is 12.5 Å². The minimum absolute atomic E-state index is 0.155. The van der Waals surface area contributed by atoms with E-state index in [-0.39, 0.29) is 12.0 Å². The van der Waals surface area contributed by atoms with Crippen molar-refractivity contribution < 1.29 is 5.11 Å². The second-order valence-electron chi connectivity index (χ2n) is 9.80. The zero-order valence-electron chi connectivity index (χ0n) is 20.8. The van der Waals surface area contributed by atoms with Gasteiger partial charge in [0.25, 0.3) is 0 Å². The maximum atomic E-state index is 10.4. The van der Waals surface area contributed by atoms with Crippen LogP contribution in [0.2, 0.25) is 0 Å². The Labute approximate surface area is 215 Å². The van der Waals surface area contributed by atoms with Crippen LogP contribution in [0.5, 0.6) is 0 Å². The van der Waals surface area contributed by atoms with E-state index in [0.717, 1.165) is 48.5 Å². The van der Waals surface area contributed by atoms with Crippen molar-refractivity contribution in [2.45, 2.75) is 31.7 Å². The standard InChI is InChI=1S/C28H30N8O/c1-21-4-6-23(7-5-21)28(20-37)10-15-34(16-11-28)25-3-2-14-36-26(25)32-27(33-36)31-24-17-30-35(19-24)18-22-8-12-29-13-9-22/h2-9,12-14,17,19,37H,10-11,15-16,18,20H2,1H3,(H,31,33). The van der Waals surface area contributed by atoms with Crippen LogP contribution in [0.25, 0.3) is 5.65 Å². The number of aryl methyl sites for hydroxylation is 1. The number of fused-ring (bicyclic) bond motifs is 1. The third-order valence-corrected chi connectivity index (χ3v) is 7.35. The van der Waals surface area contributed by atoms with Crippen LogP contribution in [0, 0.1) is 6.92 Å². The van der Waals surface area contributed by atoms with Crippen LogP contribution >= 0.6 is 0 Å². The Kier molecular flexibility index (Phi) is 6.05. The first-order valence-corrected chi connectivity index (χ1v) is 12.6. The van der Waals surface area contributed by atoms with E-state index in [1.54, 1.807) is 18.6 Å². The third-order valence-electron chi connectivity index (χ3n) is 7.35. The minimum Gasteiger partial charge on any atom is -0.395 e. The normalized spacial score (nSPS) is 15.2. The van der Waals surface area contributed by atoms with Crippen LogP contribution in [-0.4, -0.2) is 54.2 Å². The summed E-state index contributed by atoms with van der Waals surface area (Å²) in [5.74, 6) is 0.525. The molecular weight excluding hydrogens is 464 g/mol. The second-order valence-corrected chi connectivity index (χ2v) is 9.80. The number of pyridine rings is 2. The van der Waals surface area contributed by atoms with E-state index >= 15 is 0 Å². The third kappa shape index (κ3) is 4.65. The summed E-state index contributed by atoms with van der Waals surface area (Å²) in [5.41, 5.74) is 6.07. The van der Waals surface area contributed by atoms with Crippen molar-refractivity contribution in [2.24, 2.45) is 0 Å². The Hall–Kier alpha value is -4.24. The van der Waals surface area contributed by atoms with E-state index in [1.165, 1.54) is 11.1 Å². The Bertz CT molecular complexity index is 1480. The first-order valence-electron chi connectivity index (χ1n) is 12.6. The molecule has 0 radical (unpaired) electrons. The van der Waals surface area contributed by atoms with Gasteiger partial charge in [-0.15, -0.1) is 5.10 Å². The van der Waals surface area contributed by atoms with Crippen molar-refractivity contribution >= 4 is 23.0 Å². The van der Waals surface area contributed by atoms with Gasteiger partial charge in [0.05, 0.1) is 30.7 Å². The number of hydrogen-bond donors (Lipinski definition) is 2. The number of benzene rings is 1. The number of piperidine rings is 1. The Balaban J connectivity index is 1.18. The SMILES string of the molecule is Cc1ccc(C2(CO)CCN(c3cccn4nc(Nc5cnn(Cc6ccncc6)c5)nc34)CC2)cc1. The number of aromatic nitrogens is 6. The molecule has 0 unspecified atom stereocenters. The van der Waals surface area contributed by atoms with E-state index in [1.807, 2.05) is 39.8 Å². The van der Waals surface area contributed by atoms with Crippen LogP contribution < -0.4 is 10.2 Å². The van der Waals surface area contributed by atoms with E-state index in [4.69, 9.17) is 4.98 Å². The van der Waals surface area contributed by atoms with Gasteiger partial charge < -0.3 is 15.3 Å². The zero-order chi connectivity index (χ0) is 25.2. The lowest BCUT2D eigenvalue weighted by atomic mass is 9.73. The first-order chi connectivity index (χ1) is 18.1. The Morgan fingerprint density at radius 3 is 2.57 bits per heavy atom. The molecule has 9 nitrogen and oxygen atoms in total. The van der Waals surface area contributed by atoms with E-state index in [2.05, 4.69) is 62.7 Å². The van der Waals surface area contributed by atoms with E-state index in [9.17, 15) is 5.11 Å². The summed E-state index contributed by atoms with van der Waals surface area (Å²) in [7, 11) is 0. The summed E-state index contributed by atoms with van der Waals surface area (Å²) in [6.45, 7) is 4.59. The fourth-order valence-electron chi connectivity index (χ4n) is 5.13. The molecule has 188 valence electrons. The highest BCUT2D eigenvalue weighted by Crippen LogP contribution is 2.37. The number of anilines is 3. The molecule has 2 N–H and O–H groups in total. The summed E-state index contributed by atoms with van der Waals surface area (Å²) in [4.78, 5) is 11.2. The molecule has 0 amide bonds. The number of nitrogens with zero attached hydrogens (tertiary/aromatic N) is 7. The van der Waals surface area contributed by atoms with Crippen molar-refractivity contribution in [1.82, 2.24) is 29.4 Å². The lowest BCUT2D eigenvalue weighted by Crippen LogP contribution is -2.45. The molecule has 5 heterocycles. The van der Waals surface area contributed by atoms with Gasteiger partial charge in [-0.2, -0.15) is 10.1 Å². The zero-order valence-corrected chi connectivity index (χ0v) is 20.8.